The number of ether oxygens (including phenoxy) is 1. The normalized spacial score (nSPS) is 22.9. The number of likely N-dealkylation sites (tertiary alicyclic amines) is 1. The number of carbonyl (C=O) groups excluding carboxylic acids is 1. The zero-order chi connectivity index (χ0) is 20.1. The topological polar surface area (TPSA) is 36.0 Å². The van der Waals surface area contributed by atoms with Crippen LogP contribution in [-0.4, -0.2) is 71.2 Å². The Balaban J connectivity index is 1.46. The molecule has 2 saturated heterocycles. The van der Waals surface area contributed by atoms with Crippen LogP contribution >= 0.6 is 24.0 Å². The number of hydrogen-bond donors (Lipinski definition) is 0. The van der Waals surface area contributed by atoms with Crippen LogP contribution in [0.4, 0.5) is 5.69 Å². The van der Waals surface area contributed by atoms with Gasteiger partial charge in [-0.25, -0.2) is 0 Å². The van der Waals surface area contributed by atoms with Gasteiger partial charge in [0.1, 0.15) is 10.1 Å². The van der Waals surface area contributed by atoms with Crippen LogP contribution in [0.15, 0.2) is 24.3 Å². The van der Waals surface area contributed by atoms with E-state index < -0.39 is 0 Å². The summed E-state index contributed by atoms with van der Waals surface area (Å²) in [7, 11) is 1.68. The molecule has 0 bridgehead atoms. The van der Waals surface area contributed by atoms with Gasteiger partial charge in [0.25, 0.3) is 0 Å². The molecule has 1 aromatic rings. The first-order valence-corrected chi connectivity index (χ1v) is 11.5. The fourth-order valence-corrected chi connectivity index (χ4v) is 5.57. The molecule has 0 aromatic heterocycles. The minimum Gasteiger partial charge on any atom is -0.497 e. The fourth-order valence-electron chi connectivity index (χ4n) is 4.09. The number of thioether (sulfide) groups is 1. The van der Waals surface area contributed by atoms with Crippen molar-refractivity contribution in [3.63, 3.8) is 0 Å². The average Bonchev–Trinajstić information content (AvgIpc) is 2.72. The van der Waals surface area contributed by atoms with Crippen molar-refractivity contribution in [1.82, 2.24) is 9.80 Å². The molecule has 0 N–H and O–H groups in total. The van der Waals surface area contributed by atoms with E-state index in [2.05, 4.69) is 29.7 Å². The average molecular weight is 422 g/mol. The Labute approximate surface area is 178 Å². The highest BCUT2D eigenvalue weighted by Crippen LogP contribution is 2.27. The molecule has 1 amide bonds. The highest BCUT2D eigenvalue weighted by atomic mass is 32.2. The van der Waals surface area contributed by atoms with E-state index >= 15 is 0 Å². The highest BCUT2D eigenvalue weighted by Gasteiger charge is 2.28. The van der Waals surface area contributed by atoms with Crippen LogP contribution in [0.3, 0.4) is 0 Å². The van der Waals surface area contributed by atoms with E-state index in [9.17, 15) is 4.79 Å². The second-order valence-electron chi connectivity index (χ2n) is 7.66. The molecule has 7 heteroatoms. The third-order valence-corrected chi connectivity index (χ3v) is 7.19. The molecule has 2 fully saturated rings. The SMILES string of the molecule is COc1cccc(N2CCN(C(=O)CSC(=S)N3[C@H](C)CCC[C@H]3C)CC2)c1. The summed E-state index contributed by atoms with van der Waals surface area (Å²) in [5.74, 6) is 1.49. The summed E-state index contributed by atoms with van der Waals surface area (Å²) in [6.07, 6.45) is 3.64. The maximum absolute atomic E-state index is 12.7. The van der Waals surface area contributed by atoms with Crippen molar-refractivity contribution in [2.24, 2.45) is 0 Å². The summed E-state index contributed by atoms with van der Waals surface area (Å²) < 4.78 is 6.19. The monoisotopic (exact) mass is 421 g/mol. The number of rotatable bonds is 4. The molecule has 2 atom stereocenters. The Hall–Kier alpha value is -1.47. The Morgan fingerprint density at radius 3 is 2.50 bits per heavy atom. The Bertz CT molecular complexity index is 682. The molecule has 0 unspecified atom stereocenters. The minimum absolute atomic E-state index is 0.190. The Morgan fingerprint density at radius 1 is 1.18 bits per heavy atom. The summed E-state index contributed by atoms with van der Waals surface area (Å²) in [5.41, 5.74) is 1.15. The summed E-state index contributed by atoms with van der Waals surface area (Å²) in [6, 6.07) is 9.05. The van der Waals surface area contributed by atoms with Crippen LogP contribution in [-0.2, 0) is 4.79 Å². The van der Waals surface area contributed by atoms with Gasteiger partial charge in [-0.05, 0) is 45.2 Å². The molecular weight excluding hydrogens is 390 g/mol. The van der Waals surface area contributed by atoms with Crippen molar-refractivity contribution in [2.45, 2.75) is 45.2 Å². The zero-order valence-corrected chi connectivity index (χ0v) is 18.7. The first kappa shape index (κ1) is 21.2. The molecule has 2 heterocycles. The summed E-state index contributed by atoms with van der Waals surface area (Å²) in [6.45, 7) is 7.66. The van der Waals surface area contributed by atoms with Crippen LogP contribution < -0.4 is 9.64 Å². The van der Waals surface area contributed by atoms with Crippen molar-refractivity contribution >= 4 is 39.9 Å². The highest BCUT2D eigenvalue weighted by molar-refractivity contribution is 8.23. The molecular formula is C21H31N3O2S2. The lowest BCUT2D eigenvalue weighted by Gasteiger charge is -2.40. The number of methoxy groups -OCH3 is 1. The minimum atomic E-state index is 0.190. The van der Waals surface area contributed by atoms with Gasteiger partial charge in [0.2, 0.25) is 5.91 Å². The lowest BCUT2D eigenvalue weighted by Crippen LogP contribution is -2.50. The number of piperazine rings is 1. The number of thiocarbonyl (C=S) groups is 1. The lowest BCUT2D eigenvalue weighted by atomic mass is 9.99. The van der Waals surface area contributed by atoms with Crippen LogP contribution in [0.5, 0.6) is 5.75 Å². The maximum Gasteiger partial charge on any atom is 0.233 e. The van der Waals surface area contributed by atoms with Gasteiger partial charge < -0.3 is 19.4 Å². The molecule has 154 valence electrons. The number of anilines is 1. The van der Waals surface area contributed by atoms with Crippen molar-refractivity contribution in [3.05, 3.63) is 24.3 Å². The van der Waals surface area contributed by atoms with Gasteiger partial charge >= 0.3 is 0 Å². The molecule has 0 aliphatic carbocycles. The van der Waals surface area contributed by atoms with Gasteiger partial charge in [-0.1, -0.05) is 30.0 Å². The number of hydrogen-bond acceptors (Lipinski definition) is 5. The molecule has 3 rings (SSSR count). The number of piperidine rings is 1. The zero-order valence-electron chi connectivity index (χ0n) is 17.1. The molecule has 0 saturated carbocycles. The van der Waals surface area contributed by atoms with Crippen molar-refractivity contribution < 1.29 is 9.53 Å². The number of amides is 1. The molecule has 0 spiro atoms. The van der Waals surface area contributed by atoms with E-state index in [0.717, 1.165) is 41.9 Å². The second-order valence-corrected chi connectivity index (χ2v) is 9.27. The van der Waals surface area contributed by atoms with Gasteiger partial charge in [-0.15, -0.1) is 0 Å². The molecule has 28 heavy (non-hydrogen) atoms. The maximum atomic E-state index is 12.7. The van der Waals surface area contributed by atoms with E-state index in [1.165, 1.54) is 31.0 Å². The predicted octanol–water partition coefficient (Wildman–Crippen LogP) is 3.62. The fraction of sp³-hybridized carbons (Fsp3) is 0.619. The molecule has 0 radical (unpaired) electrons. The summed E-state index contributed by atoms with van der Waals surface area (Å²) >= 11 is 7.18. The molecule has 2 aliphatic heterocycles. The first-order valence-electron chi connectivity index (χ1n) is 10.1. The van der Waals surface area contributed by atoms with Gasteiger partial charge in [0, 0.05) is 50.0 Å². The smallest absolute Gasteiger partial charge is 0.233 e. The quantitative estimate of drug-likeness (QED) is 0.691. The third kappa shape index (κ3) is 5.11. The molecule has 1 aromatic carbocycles. The van der Waals surface area contributed by atoms with E-state index in [0.29, 0.717) is 17.8 Å². The van der Waals surface area contributed by atoms with E-state index in [1.54, 1.807) is 7.11 Å². The van der Waals surface area contributed by atoms with Gasteiger partial charge in [-0.2, -0.15) is 0 Å². The molecule has 5 nitrogen and oxygen atoms in total. The summed E-state index contributed by atoms with van der Waals surface area (Å²) in [5, 5.41) is 0. The van der Waals surface area contributed by atoms with Crippen LogP contribution in [0.25, 0.3) is 0 Å². The van der Waals surface area contributed by atoms with Gasteiger partial charge in [0.05, 0.1) is 12.9 Å². The van der Waals surface area contributed by atoms with Gasteiger partial charge in [0.15, 0.2) is 0 Å². The number of carbonyl (C=O) groups is 1. The molecule has 2 aliphatic rings. The van der Waals surface area contributed by atoms with E-state index in [4.69, 9.17) is 17.0 Å². The third-order valence-electron chi connectivity index (χ3n) is 5.77. The predicted molar refractivity (Wildman–Crippen MR) is 121 cm³/mol. The van der Waals surface area contributed by atoms with Crippen LogP contribution in [0, 0.1) is 0 Å². The largest absolute Gasteiger partial charge is 0.497 e. The Morgan fingerprint density at radius 2 is 1.86 bits per heavy atom. The van der Waals surface area contributed by atoms with Crippen molar-refractivity contribution in [2.75, 3.05) is 43.9 Å². The van der Waals surface area contributed by atoms with Crippen molar-refractivity contribution in [1.29, 1.82) is 0 Å². The van der Waals surface area contributed by atoms with Crippen molar-refractivity contribution in [3.8, 4) is 5.75 Å². The Kier molecular flexibility index (Phi) is 7.46. The lowest BCUT2D eigenvalue weighted by molar-refractivity contribution is -0.128. The summed E-state index contributed by atoms with van der Waals surface area (Å²) in [4.78, 5) is 19.3. The second kappa shape index (κ2) is 9.83. The van der Waals surface area contributed by atoms with Crippen LogP contribution in [0.1, 0.15) is 33.1 Å². The first-order chi connectivity index (χ1) is 13.5. The van der Waals surface area contributed by atoms with Crippen LogP contribution in [0.2, 0.25) is 0 Å². The number of benzene rings is 1. The van der Waals surface area contributed by atoms with E-state index in [1.807, 2.05) is 23.1 Å². The van der Waals surface area contributed by atoms with E-state index in [-0.39, 0.29) is 5.91 Å². The standard InChI is InChI=1S/C21H31N3O2S2/c1-16-6-4-7-17(2)24(16)21(27)28-15-20(25)23-12-10-22(11-13-23)18-8-5-9-19(14-18)26-3/h5,8-9,14,16-17H,4,6-7,10-13,15H2,1-3H3/t16-,17-/m1/s1. The van der Waals surface area contributed by atoms with Gasteiger partial charge in [-0.3, -0.25) is 4.79 Å². The number of nitrogens with zero attached hydrogens (tertiary/aromatic N) is 3.